The summed E-state index contributed by atoms with van der Waals surface area (Å²) in [7, 11) is 0. The lowest BCUT2D eigenvalue weighted by molar-refractivity contribution is -0.162. The van der Waals surface area contributed by atoms with E-state index in [4.69, 9.17) is 9.47 Å². The third-order valence-corrected chi connectivity index (χ3v) is 2.66. The summed E-state index contributed by atoms with van der Waals surface area (Å²) in [5.74, 6) is 11.4. The molecule has 1 aliphatic rings. The molecule has 0 aromatic heterocycles. The van der Waals surface area contributed by atoms with Crippen molar-refractivity contribution in [3.63, 3.8) is 0 Å². The molecule has 2 nitrogen and oxygen atoms in total. The Bertz CT molecular complexity index is 294. The van der Waals surface area contributed by atoms with Crippen molar-refractivity contribution in [2.45, 2.75) is 58.2 Å². The van der Waals surface area contributed by atoms with Gasteiger partial charge in [-0.05, 0) is 50.9 Å². The summed E-state index contributed by atoms with van der Waals surface area (Å²) in [5.41, 5.74) is 0. The smallest absolute Gasteiger partial charge is 0.157 e. The summed E-state index contributed by atoms with van der Waals surface area (Å²) in [6.07, 6.45) is 7.87. The molecule has 1 fully saturated rings. The predicted molar refractivity (Wildman–Crippen MR) is 69.2 cm³/mol. The Labute approximate surface area is 105 Å². The summed E-state index contributed by atoms with van der Waals surface area (Å²) in [6.45, 7) is 3.48. The molecule has 0 saturated carbocycles. The van der Waals surface area contributed by atoms with Crippen LogP contribution < -0.4 is 0 Å². The van der Waals surface area contributed by atoms with Gasteiger partial charge in [-0.1, -0.05) is 18.3 Å². The lowest BCUT2D eigenvalue weighted by Crippen LogP contribution is -2.22. The fraction of sp³-hybridized carbons (Fsp3) is 0.733. The van der Waals surface area contributed by atoms with Crippen molar-refractivity contribution < 1.29 is 9.47 Å². The van der Waals surface area contributed by atoms with Gasteiger partial charge < -0.3 is 9.47 Å². The average molecular weight is 234 g/mol. The highest BCUT2D eigenvalue weighted by Gasteiger charge is 2.12. The van der Waals surface area contributed by atoms with Crippen molar-refractivity contribution in [1.29, 1.82) is 0 Å². The summed E-state index contributed by atoms with van der Waals surface area (Å²) in [5, 5.41) is 0. The van der Waals surface area contributed by atoms with Crippen LogP contribution in [0.4, 0.5) is 0 Å². The van der Waals surface area contributed by atoms with Crippen molar-refractivity contribution in [3.05, 3.63) is 0 Å². The molecule has 1 rings (SSSR count). The van der Waals surface area contributed by atoms with Gasteiger partial charge in [-0.2, -0.15) is 0 Å². The van der Waals surface area contributed by atoms with E-state index in [0.717, 1.165) is 38.9 Å². The van der Waals surface area contributed by atoms with Crippen molar-refractivity contribution in [2.75, 3.05) is 13.2 Å². The number of hydrogen-bond donors (Lipinski definition) is 0. The first-order valence-corrected chi connectivity index (χ1v) is 6.56. The minimum atomic E-state index is 0.0587. The minimum Gasteiger partial charge on any atom is -0.353 e. The van der Waals surface area contributed by atoms with Gasteiger partial charge >= 0.3 is 0 Å². The van der Waals surface area contributed by atoms with Crippen LogP contribution in [0.15, 0.2) is 0 Å². The van der Waals surface area contributed by atoms with Crippen LogP contribution in [0, 0.1) is 23.7 Å². The van der Waals surface area contributed by atoms with E-state index in [9.17, 15) is 0 Å². The Morgan fingerprint density at radius 3 is 2.88 bits per heavy atom. The highest BCUT2D eigenvalue weighted by atomic mass is 16.7. The van der Waals surface area contributed by atoms with Gasteiger partial charge in [0.25, 0.3) is 0 Å². The van der Waals surface area contributed by atoms with Crippen molar-refractivity contribution in [1.82, 2.24) is 0 Å². The van der Waals surface area contributed by atoms with Crippen molar-refractivity contribution >= 4 is 0 Å². The second-order valence-electron chi connectivity index (χ2n) is 4.15. The molecule has 0 N–H and O–H groups in total. The van der Waals surface area contributed by atoms with E-state index < -0.39 is 0 Å². The SMILES string of the molecule is CC#CC#CCCCCCOC1CCCCO1. The van der Waals surface area contributed by atoms with Crippen molar-refractivity contribution in [2.24, 2.45) is 0 Å². The van der Waals surface area contributed by atoms with E-state index in [0.29, 0.717) is 0 Å². The third kappa shape index (κ3) is 7.86. The lowest BCUT2D eigenvalue weighted by Gasteiger charge is -2.22. The second kappa shape index (κ2) is 10.2. The Balaban J connectivity index is 1.87. The molecule has 1 heterocycles. The molecule has 1 saturated heterocycles. The standard InChI is InChI=1S/C15H22O2/c1-2-3-4-5-6-7-8-10-13-16-15-12-9-11-14-17-15/h15H,6-14H2,1H3. The van der Waals surface area contributed by atoms with Crippen LogP contribution >= 0.6 is 0 Å². The quantitative estimate of drug-likeness (QED) is 0.519. The van der Waals surface area contributed by atoms with Crippen LogP contribution in [0.5, 0.6) is 0 Å². The first-order valence-electron chi connectivity index (χ1n) is 6.56. The van der Waals surface area contributed by atoms with Crippen LogP contribution in [-0.2, 0) is 9.47 Å². The van der Waals surface area contributed by atoms with E-state index in [1.54, 1.807) is 6.92 Å². The number of hydrogen-bond acceptors (Lipinski definition) is 2. The van der Waals surface area contributed by atoms with E-state index in [2.05, 4.69) is 23.7 Å². The second-order valence-corrected chi connectivity index (χ2v) is 4.15. The lowest BCUT2D eigenvalue weighted by atomic mass is 10.2. The first-order chi connectivity index (χ1) is 8.43. The van der Waals surface area contributed by atoms with Gasteiger partial charge in [-0.15, -0.1) is 0 Å². The van der Waals surface area contributed by atoms with Gasteiger partial charge in [-0.25, -0.2) is 0 Å². The molecule has 0 spiro atoms. The van der Waals surface area contributed by atoms with Gasteiger partial charge in [0.05, 0.1) is 0 Å². The highest BCUT2D eigenvalue weighted by molar-refractivity contribution is 5.24. The monoisotopic (exact) mass is 234 g/mol. The molecule has 1 aliphatic heterocycles. The minimum absolute atomic E-state index is 0.0587. The molecule has 94 valence electrons. The van der Waals surface area contributed by atoms with Gasteiger partial charge in [-0.3, -0.25) is 0 Å². The summed E-state index contributed by atoms with van der Waals surface area (Å²) in [4.78, 5) is 0. The van der Waals surface area contributed by atoms with Crippen molar-refractivity contribution in [3.8, 4) is 23.7 Å². The normalized spacial score (nSPS) is 18.8. The zero-order chi connectivity index (χ0) is 12.2. The van der Waals surface area contributed by atoms with Gasteiger partial charge in [0.1, 0.15) is 0 Å². The number of unbranched alkanes of at least 4 members (excludes halogenated alkanes) is 3. The maximum absolute atomic E-state index is 5.65. The van der Waals surface area contributed by atoms with E-state index in [-0.39, 0.29) is 6.29 Å². The van der Waals surface area contributed by atoms with Crippen LogP contribution in [0.2, 0.25) is 0 Å². The molecule has 0 aromatic carbocycles. The molecular weight excluding hydrogens is 212 g/mol. The molecule has 1 atom stereocenters. The zero-order valence-electron chi connectivity index (χ0n) is 10.8. The highest BCUT2D eigenvalue weighted by Crippen LogP contribution is 2.14. The van der Waals surface area contributed by atoms with Gasteiger partial charge in [0, 0.05) is 19.6 Å². The first kappa shape index (κ1) is 14.1. The summed E-state index contributed by atoms with van der Waals surface area (Å²) in [6, 6.07) is 0. The molecule has 0 aromatic rings. The van der Waals surface area contributed by atoms with Crippen LogP contribution in [0.3, 0.4) is 0 Å². The fourth-order valence-corrected chi connectivity index (χ4v) is 1.72. The maximum Gasteiger partial charge on any atom is 0.157 e. The van der Waals surface area contributed by atoms with Crippen LogP contribution in [-0.4, -0.2) is 19.5 Å². The topological polar surface area (TPSA) is 18.5 Å². The largest absolute Gasteiger partial charge is 0.353 e. The predicted octanol–water partition coefficient (Wildman–Crippen LogP) is 3.12. The fourth-order valence-electron chi connectivity index (χ4n) is 1.72. The molecule has 17 heavy (non-hydrogen) atoms. The molecule has 1 unspecified atom stereocenters. The Hall–Kier alpha value is -0.960. The Kier molecular flexibility index (Phi) is 8.47. The molecule has 0 radical (unpaired) electrons. The zero-order valence-corrected chi connectivity index (χ0v) is 10.8. The Morgan fingerprint density at radius 1 is 1.18 bits per heavy atom. The number of ether oxygens (including phenoxy) is 2. The molecular formula is C15H22O2. The molecule has 0 aliphatic carbocycles. The van der Waals surface area contributed by atoms with Crippen LogP contribution in [0.25, 0.3) is 0 Å². The average Bonchev–Trinajstić information content (AvgIpc) is 2.38. The maximum atomic E-state index is 5.65. The van der Waals surface area contributed by atoms with Gasteiger partial charge in [0.2, 0.25) is 0 Å². The number of rotatable bonds is 6. The van der Waals surface area contributed by atoms with E-state index in [1.165, 1.54) is 19.3 Å². The van der Waals surface area contributed by atoms with Gasteiger partial charge in [0.15, 0.2) is 6.29 Å². The van der Waals surface area contributed by atoms with Crippen LogP contribution in [0.1, 0.15) is 51.9 Å². The van der Waals surface area contributed by atoms with E-state index >= 15 is 0 Å². The molecule has 2 heteroatoms. The third-order valence-electron chi connectivity index (χ3n) is 2.66. The molecule has 0 bridgehead atoms. The Morgan fingerprint density at radius 2 is 2.12 bits per heavy atom. The summed E-state index contributed by atoms with van der Waals surface area (Å²) < 4.78 is 11.1. The van der Waals surface area contributed by atoms with E-state index in [1.807, 2.05) is 0 Å². The molecule has 0 amide bonds. The summed E-state index contributed by atoms with van der Waals surface area (Å²) >= 11 is 0.